The van der Waals surface area contributed by atoms with Crippen molar-refractivity contribution in [2.75, 3.05) is 33.2 Å². The lowest BCUT2D eigenvalue weighted by Crippen LogP contribution is -2.24. The van der Waals surface area contributed by atoms with E-state index in [9.17, 15) is 9.59 Å². The van der Waals surface area contributed by atoms with Gasteiger partial charge in [0.2, 0.25) is 13.6 Å². The molecule has 5 heterocycles. The first-order chi connectivity index (χ1) is 19.1. The number of nitrogens with one attached hydrogen (secondary N) is 2. The fraction of sp³-hybridized carbons (Fsp3) is 0.310. The molecular weight excluding hydrogens is 500 g/mol. The number of imide groups is 1. The van der Waals surface area contributed by atoms with Gasteiger partial charge in [0.05, 0.1) is 16.7 Å². The molecule has 0 saturated carbocycles. The van der Waals surface area contributed by atoms with Crippen LogP contribution in [0.25, 0.3) is 33.0 Å². The first-order valence-corrected chi connectivity index (χ1v) is 13.2. The summed E-state index contributed by atoms with van der Waals surface area (Å²) in [6.07, 6.45) is 4.66. The Kier molecular flexibility index (Phi) is 5.52. The van der Waals surface area contributed by atoms with Gasteiger partial charge in [0.25, 0.3) is 11.8 Å². The second-order valence-corrected chi connectivity index (χ2v) is 9.83. The average Bonchev–Trinajstić information content (AvgIpc) is 3.75. The normalized spacial score (nSPS) is 16.0. The summed E-state index contributed by atoms with van der Waals surface area (Å²) in [5.41, 5.74) is 3.69. The molecule has 7 rings (SSSR count). The standard InChI is InChI=1S/C29H28N4O6/c1-3-32(4-2)6-5-7-33-13-19(17-9-23-25(11-21(17)33)39-15-37-23)27-26(28(34)31-29(27)35)18-12-30-20-10-24-22(8-16(18)20)36-14-38-24/h8-13,30H,3-7,14-15H2,1-2H3,(H,31,34,35). The summed E-state index contributed by atoms with van der Waals surface area (Å²) in [5.74, 6) is 1.68. The quantitative estimate of drug-likeness (QED) is 0.334. The number of aromatic nitrogens is 2. The Hall–Kier alpha value is -4.44. The number of nitrogens with zero attached hydrogens (tertiary/aromatic N) is 2. The van der Waals surface area contributed by atoms with Gasteiger partial charge in [-0.05, 0) is 38.2 Å². The highest BCUT2D eigenvalue weighted by Gasteiger charge is 2.36. The minimum absolute atomic E-state index is 0.147. The van der Waals surface area contributed by atoms with Crippen LogP contribution in [0, 0.1) is 0 Å². The van der Waals surface area contributed by atoms with Crippen molar-refractivity contribution in [3.63, 3.8) is 0 Å². The van der Waals surface area contributed by atoms with Crippen LogP contribution in [0.2, 0.25) is 0 Å². The van der Waals surface area contributed by atoms with E-state index in [1.165, 1.54) is 0 Å². The molecule has 0 unspecified atom stereocenters. The first kappa shape index (κ1) is 23.7. The molecule has 4 aromatic rings. The van der Waals surface area contributed by atoms with Crippen LogP contribution in [0.5, 0.6) is 23.0 Å². The fourth-order valence-corrected chi connectivity index (χ4v) is 5.76. The van der Waals surface area contributed by atoms with E-state index in [-0.39, 0.29) is 13.6 Å². The molecule has 3 aliphatic rings. The number of H-pyrrole nitrogens is 1. The zero-order valence-corrected chi connectivity index (χ0v) is 21.8. The van der Waals surface area contributed by atoms with E-state index in [2.05, 4.69) is 33.6 Å². The molecule has 10 heteroatoms. The van der Waals surface area contributed by atoms with Crippen LogP contribution in [-0.4, -0.2) is 59.5 Å². The molecule has 0 aliphatic carbocycles. The number of hydrogen-bond acceptors (Lipinski definition) is 7. The molecule has 2 N–H and O–H groups in total. The van der Waals surface area contributed by atoms with Crippen LogP contribution in [0.1, 0.15) is 31.4 Å². The maximum absolute atomic E-state index is 13.4. The number of carbonyl (C=O) groups excluding carboxylic acids is 2. The second kappa shape index (κ2) is 9.09. The monoisotopic (exact) mass is 528 g/mol. The molecule has 10 nitrogen and oxygen atoms in total. The number of carbonyl (C=O) groups is 2. The van der Waals surface area contributed by atoms with E-state index >= 15 is 0 Å². The second-order valence-electron chi connectivity index (χ2n) is 9.83. The summed E-state index contributed by atoms with van der Waals surface area (Å²) in [5, 5.41) is 4.13. The number of benzene rings is 2. The Morgan fingerprint density at radius 1 is 0.821 bits per heavy atom. The van der Waals surface area contributed by atoms with Gasteiger partial charge in [0.15, 0.2) is 23.0 Å². The molecule has 0 fully saturated rings. The Morgan fingerprint density at radius 3 is 2.13 bits per heavy atom. The molecule has 0 bridgehead atoms. The SMILES string of the molecule is CCN(CC)CCCn1cc(C2=C(c3c[nH]c4cc5c(cc34)OCO5)C(=O)NC2=O)c2cc3c(cc21)OCO3. The van der Waals surface area contributed by atoms with Crippen molar-refractivity contribution in [1.29, 1.82) is 0 Å². The molecule has 0 saturated heterocycles. The summed E-state index contributed by atoms with van der Waals surface area (Å²) in [4.78, 5) is 32.2. The number of rotatable bonds is 8. The van der Waals surface area contributed by atoms with Crippen molar-refractivity contribution >= 4 is 44.8 Å². The fourth-order valence-electron chi connectivity index (χ4n) is 5.76. The van der Waals surface area contributed by atoms with Crippen molar-refractivity contribution in [3.8, 4) is 23.0 Å². The number of amides is 2. The highest BCUT2D eigenvalue weighted by atomic mass is 16.7. The van der Waals surface area contributed by atoms with Crippen LogP contribution in [-0.2, 0) is 16.1 Å². The molecule has 0 spiro atoms. The summed E-state index contributed by atoms with van der Waals surface area (Å²) in [6, 6.07) is 7.55. The molecule has 2 aromatic carbocycles. The Labute approximate surface area is 224 Å². The van der Waals surface area contributed by atoms with Crippen molar-refractivity contribution < 1.29 is 28.5 Å². The van der Waals surface area contributed by atoms with E-state index in [0.717, 1.165) is 54.4 Å². The van der Waals surface area contributed by atoms with Crippen LogP contribution >= 0.6 is 0 Å². The Balaban J connectivity index is 1.39. The van der Waals surface area contributed by atoms with Crippen molar-refractivity contribution in [2.24, 2.45) is 0 Å². The van der Waals surface area contributed by atoms with Gasteiger partial charge in [0, 0.05) is 58.5 Å². The lowest BCUT2D eigenvalue weighted by molar-refractivity contribution is -0.122. The third kappa shape index (κ3) is 3.74. The summed E-state index contributed by atoms with van der Waals surface area (Å²) < 4.78 is 24.6. The maximum Gasteiger partial charge on any atom is 0.259 e. The smallest absolute Gasteiger partial charge is 0.259 e. The van der Waals surface area contributed by atoms with Crippen molar-refractivity contribution in [3.05, 3.63) is 47.8 Å². The molecule has 200 valence electrons. The van der Waals surface area contributed by atoms with Crippen LogP contribution in [0.3, 0.4) is 0 Å². The van der Waals surface area contributed by atoms with Crippen molar-refractivity contribution in [1.82, 2.24) is 19.8 Å². The Bertz CT molecular complexity index is 1690. The van der Waals surface area contributed by atoms with Gasteiger partial charge in [-0.2, -0.15) is 0 Å². The van der Waals surface area contributed by atoms with Gasteiger partial charge in [-0.25, -0.2) is 0 Å². The summed E-state index contributed by atoms with van der Waals surface area (Å²) >= 11 is 0. The van der Waals surface area contributed by atoms with Crippen LogP contribution < -0.4 is 24.3 Å². The largest absolute Gasteiger partial charge is 0.454 e. The van der Waals surface area contributed by atoms with E-state index < -0.39 is 11.8 Å². The van der Waals surface area contributed by atoms with Gasteiger partial charge < -0.3 is 33.4 Å². The molecule has 2 aromatic heterocycles. The van der Waals surface area contributed by atoms with Gasteiger partial charge in [0.1, 0.15) is 0 Å². The molecule has 0 radical (unpaired) electrons. The van der Waals surface area contributed by atoms with E-state index in [0.29, 0.717) is 45.3 Å². The number of aromatic amines is 1. The minimum Gasteiger partial charge on any atom is -0.454 e. The van der Waals surface area contributed by atoms with Gasteiger partial charge >= 0.3 is 0 Å². The highest BCUT2D eigenvalue weighted by molar-refractivity contribution is 6.50. The van der Waals surface area contributed by atoms with Gasteiger partial charge in [-0.1, -0.05) is 13.8 Å². The lowest BCUT2D eigenvalue weighted by Gasteiger charge is -2.18. The van der Waals surface area contributed by atoms with Gasteiger partial charge in [-0.3, -0.25) is 14.9 Å². The molecule has 0 atom stereocenters. The molecule has 2 amide bonds. The van der Waals surface area contributed by atoms with E-state index in [4.69, 9.17) is 18.9 Å². The summed E-state index contributed by atoms with van der Waals surface area (Å²) in [6.45, 7) is 8.33. The third-order valence-corrected chi connectivity index (χ3v) is 7.79. The predicted molar refractivity (Wildman–Crippen MR) is 145 cm³/mol. The van der Waals surface area contributed by atoms with E-state index in [1.54, 1.807) is 6.20 Å². The van der Waals surface area contributed by atoms with Crippen molar-refractivity contribution in [2.45, 2.75) is 26.8 Å². The maximum atomic E-state index is 13.4. The van der Waals surface area contributed by atoms with Gasteiger partial charge in [-0.15, -0.1) is 0 Å². The molecule has 39 heavy (non-hydrogen) atoms. The summed E-state index contributed by atoms with van der Waals surface area (Å²) in [7, 11) is 0. The zero-order valence-electron chi connectivity index (χ0n) is 21.8. The number of hydrogen-bond donors (Lipinski definition) is 2. The first-order valence-electron chi connectivity index (χ1n) is 13.2. The predicted octanol–water partition coefficient (Wildman–Crippen LogP) is 3.88. The lowest BCUT2D eigenvalue weighted by atomic mass is 9.95. The average molecular weight is 529 g/mol. The third-order valence-electron chi connectivity index (χ3n) is 7.79. The number of aryl methyl sites for hydroxylation is 1. The molecule has 3 aliphatic heterocycles. The van der Waals surface area contributed by atoms with Crippen LogP contribution in [0.4, 0.5) is 0 Å². The number of ether oxygens (including phenoxy) is 4. The number of fused-ring (bicyclic) bond motifs is 4. The molecular formula is C29H28N4O6. The highest BCUT2D eigenvalue weighted by Crippen LogP contribution is 2.44. The van der Waals surface area contributed by atoms with E-state index in [1.807, 2.05) is 30.5 Å². The topological polar surface area (TPSA) is 107 Å². The van der Waals surface area contributed by atoms with Crippen LogP contribution in [0.15, 0.2) is 36.7 Å². The Morgan fingerprint density at radius 2 is 1.44 bits per heavy atom. The minimum atomic E-state index is -0.434. The zero-order chi connectivity index (χ0) is 26.7.